The Labute approximate surface area is 112 Å². The molecule has 1 amide bonds. The fourth-order valence-electron chi connectivity index (χ4n) is 2.46. The summed E-state index contributed by atoms with van der Waals surface area (Å²) in [6.45, 7) is 1.78. The lowest BCUT2D eigenvalue weighted by Gasteiger charge is -2.19. The smallest absolute Gasteiger partial charge is 0.251 e. The van der Waals surface area contributed by atoms with Gasteiger partial charge in [-0.3, -0.25) is 4.79 Å². The van der Waals surface area contributed by atoms with Crippen molar-refractivity contribution in [3.05, 3.63) is 29.3 Å². The first-order valence-corrected chi connectivity index (χ1v) is 6.81. The topological polar surface area (TPSA) is 49.3 Å². The Bertz CT molecular complexity index is 447. The zero-order valence-electron chi connectivity index (χ0n) is 10.4. The van der Waals surface area contributed by atoms with E-state index >= 15 is 0 Å². The van der Waals surface area contributed by atoms with Crippen LogP contribution in [-0.2, 0) is 0 Å². The summed E-state index contributed by atoms with van der Waals surface area (Å²) in [6.07, 6.45) is 3.21. The van der Waals surface area contributed by atoms with Crippen LogP contribution in [0.25, 0.3) is 0 Å². The first-order chi connectivity index (χ1) is 8.61. The van der Waals surface area contributed by atoms with Crippen LogP contribution in [0.4, 0.5) is 0 Å². The molecule has 98 valence electrons. The molecule has 2 N–H and O–H groups in total. The summed E-state index contributed by atoms with van der Waals surface area (Å²) in [5, 5.41) is 12.5. The van der Waals surface area contributed by atoms with Gasteiger partial charge in [-0.25, -0.2) is 0 Å². The van der Waals surface area contributed by atoms with E-state index in [1.807, 2.05) is 0 Å². The SMILES string of the molecule is Cc1cc(C(=O)NC2CCCC2CCl)ccc1O. The number of hydrogen-bond donors (Lipinski definition) is 2. The van der Waals surface area contributed by atoms with Crippen molar-refractivity contribution >= 4 is 17.5 Å². The van der Waals surface area contributed by atoms with E-state index in [4.69, 9.17) is 11.6 Å². The summed E-state index contributed by atoms with van der Waals surface area (Å²) in [4.78, 5) is 12.1. The second-order valence-corrected chi connectivity index (χ2v) is 5.24. The molecule has 1 aromatic rings. The molecule has 1 saturated carbocycles. The maximum atomic E-state index is 12.1. The van der Waals surface area contributed by atoms with Crippen LogP contribution in [0, 0.1) is 12.8 Å². The second-order valence-electron chi connectivity index (χ2n) is 4.93. The Morgan fingerprint density at radius 2 is 2.28 bits per heavy atom. The van der Waals surface area contributed by atoms with Crippen LogP contribution in [0.2, 0.25) is 0 Å². The third-order valence-corrected chi connectivity index (χ3v) is 4.03. The molecule has 18 heavy (non-hydrogen) atoms. The second kappa shape index (κ2) is 5.61. The molecule has 1 aliphatic carbocycles. The largest absolute Gasteiger partial charge is 0.508 e. The van der Waals surface area contributed by atoms with Gasteiger partial charge in [-0.2, -0.15) is 0 Å². The Balaban J connectivity index is 2.05. The Hall–Kier alpha value is -1.22. The summed E-state index contributed by atoms with van der Waals surface area (Å²) in [6, 6.07) is 5.08. The lowest BCUT2D eigenvalue weighted by Crippen LogP contribution is -2.37. The van der Waals surface area contributed by atoms with Crippen LogP contribution in [-0.4, -0.2) is 22.9 Å². The summed E-state index contributed by atoms with van der Waals surface area (Å²) < 4.78 is 0. The van der Waals surface area contributed by atoms with E-state index in [9.17, 15) is 9.90 Å². The Morgan fingerprint density at radius 3 is 2.94 bits per heavy atom. The highest BCUT2D eigenvalue weighted by atomic mass is 35.5. The predicted molar refractivity (Wildman–Crippen MR) is 72.2 cm³/mol. The molecule has 1 aromatic carbocycles. The molecule has 2 unspecified atom stereocenters. The van der Waals surface area contributed by atoms with Gasteiger partial charge in [0.05, 0.1) is 0 Å². The van der Waals surface area contributed by atoms with Crippen molar-refractivity contribution < 1.29 is 9.90 Å². The number of amides is 1. The summed E-state index contributed by atoms with van der Waals surface area (Å²) in [5.74, 6) is 1.11. The number of rotatable bonds is 3. The van der Waals surface area contributed by atoms with Gasteiger partial charge in [0.2, 0.25) is 0 Å². The maximum absolute atomic E-state index is 12.1. The van der Waals surface area contributed by atoms with E-state index in [0.717, 1.165) is 19.3 Å². The number of carbonyl (C=O) groups is 1. The highest BCUT2D eigenvalue weighted by Gasteiger charge is 2.27. The van der Waals surface area contributed by atoms with Gasteiger partial charge < -0.3 is 10.4 Å². The molecule has 1 aliphatic rings. The van der Waals surface area contributed by atoms with E-state index in [0.29, 0.717) is 22.9 Å². The van der Waals surface area contributed by atoms with Gasteiger partial charge in [-0.1, -0.05) is 6.42 Å². The van der Waals surface area contributed by atoms with Gasteiger partial charge in [-0.15, -0.1) is 11.6 Å². The van der Waals surface area contributed by atoms with Crippen LogP contribution < -0.4 is 5.32 Å². The molecule has 0 bridgehead atoms. The number of aryl methyl sites for hydroxylation is 1. The average molecular weight is 268 g/mol. The normalized spacial score (nSPS) is 23.0. The molecular weight excluding hydrogens is 250 g/mol. The molecule has 3 nitrogen and oxygen atoms in total. The van der Waals surface area contributed by atoms with E-state index in [1.165, 1.54) is 0 Å². The van der Waals surface area contributed by atoms with Gasteiger partial charge in [0.25, 0.3) is 5.91 Å². The first-order valence-electron chi connectivity index (χ1n) is 6.28. The third-order valence-electron chi connectivity index (χ3n) is 3.63. The number of benzene rings is 1. The van der Waals surface area contributed by atoms with Gasteiger partial charge in [0.15, 0.2) is 0 Å². The van der Waals surface area contributed by atoms with E-state index in [-0.39, 0.29) is 17.7 Å². The molecule has 0 saturated heterocycles. The minimum atomic E-state index is -0.0832. The van der Waals surface area contributed by atoms with Crippen molar-refractivity contribution in [2.45, 2.75) is 32.2 Å². The average Bonchev–Trinajstić information content (AvgIpc) is 2.79. The van der Waals surface area contributed by atoms with Crippen LogP contribution in [0.1, 0.15) is 35.2 Å². The zero-order chi connectivity index (χ0) is 13.1. The lowest BCUT2D eigenvalue weighted by molar-refractivity contribution is 0.0930. The predicted octanol–water partition coefficient (Wildman–Crippen LogP) is 2.84. The number of hydrogen-bond acceptors (Lipinski definition) is 2. The van der Waals surface area contributed by atoms with Crippen LogP contribution in [0.3, 0.4) is 0 Å². The summed E-state index contributed by atoms with van der Waals surface area (Å²) in [7, 11) is 0. The fourth-order valence-corrected chi connectivity index (χ4v) is 2.83. The van der Waals surface area contributed by atoms with Gasteiger partial charge in [-0.05, 0) is 49.4 Å². The summed E-state index contributed by atoms with van der Waals surface area (Å²) in [5.41, 5.74) is 1.30. The van der Waals surface area contributed by atoms with E-state index < -0.39 is 0 Å². The van der Waals surface area contributed by atoms with Crippen molar-refractivity contribution in [3.8, 4) is 5.75 Å². The minimum Gasteiger partial charge on any atom is -0.508 e. The fraction of sp³-hybridized carbons (Fsp3) is 0.500. The third kappa shape index (κ3) is 2.78. The van der Waals surface area contributed by atoms with Crippen LogP contribution in [0.5, 0.6) is 5.75 Å². The highest BCUT2D eigenvalue weighted by Crippen LogP contribution is 2.27. The monoisotopic (exact) mass is 267 g/mol. The molecule has 2 rings (SSSR count). The van der Waals surface area contributed by atoms with Crippen LogP contribution >= 0.6 is 11.6 Å². The molecule has 0 aromatic heterocycles. The standard InChI is InChI=1S/C14H18ClNO2/c1-9-7-10(5-6-13(9)17)14(18)16-12-4-2-3-11(12)8-15/h5-7,11-12,17H,2-4,8H2,1H3,(H,16,18). The van der Waals surface area contributed by atoms with Gasteiger partial charge in [0.1, 0.15) is 5.75 Å². The number of aromatic hydroxyl groups is 1. The number of alkyl halides is 1. The van der Waals surface area contributed by atoms with E-state index in [1.54, 1.807) is 25.1 Å². The molecule has 0 spiro atoms. The van der Waals surface area contributed by atoms with Crippen molar-refractivity contribution in [1.82, 2.24) is 5.32 Å². The molecule has 1 fully saturated rings. The maximum Gasteiger partial charge on any atom is 0.251 e. The molecular formula is C14H18ClNO2. The molecule has 2 atom stereocenters. The Kier molecular flexibility index (Phi) is 4.12. The minimum absolute atomic E-state index is 0.0832. The zero-order valence-corrected chi connectivity index (χ0v) is 11.2. The van der Waals surface area contributed by atoms with Gasteiger partial charge in [0, 0.05) is 17.5 Å². The molecule has 4 heteroatoms. The van der Waals surface area contributed by atoms with E-state index in [2.05, 4.69) is 5.32 Å². The number of phenols is 1. The number of phenolic OH excluding ortho intramolecular Hbond substituents is 1. The quantitative estimate of drug-likeness (QED) is 0.828. The Morgan fingerprint density at radius 1 is 1.50 bits per heavy atom. The number of halogens is 1. The van der Waals surface area contributed by atoms with Crippen molar-refractivity contribution in [2.75, 3.05) is 5.88 Å². The van der Waals surface area contributed by atoms with Crippen LogP contribution in [0.15, 0.2) is 18.2 Å². The van der Waals surface area contributed by atoms with Crippen molar-refractivity contribution in [1.29, 1.82) is 0 Å². The lowest BCUT2D eigenvalue weighted by atomic mass is 10.0. The van der Waals surface area contributed by atoms with Crippen molar-refractivity contribution in [3.63, 3.8) is 0 Å². The number of nitrogens with one attached hydrogen (secondary N) is 1. The first kappa shape index (κ1) is 13.2. The molecule has 0 aliphatic heterocycles. The van der Waals surface area contributed by atoms with Crippen molar-refractivity contribution in [2.24, 2.45) is 5.92 Å². The molecule has 0 radical (unpaired) electrons. The number of carbonyl (C=O) groups excluding carboxylic acids is 1. The molecule has 0 heterocycles. The van der Waals surface area contributed by atoms with Gasteiger partial charge >= 0.3 is 0 Å². The highest BCUT2D eigenvalue weighted by molar-refractivity contribution is 6.18. The summed E-state index contributed by atoms with van der Waals surface area (Å²) >= 11 is 5.89.